The average Bonchev–Trinajstić information content (AvgIpc) is 2.49. The van der Waals surface area contributed by atoms with Gasteiger partial charge in [-0.3, -0.25) is 0 Å². The van der Waals surface area contributed by atoms with Gasteiger partial charge in [-0.1, -0.05) is 47.5 Å². The molecule has 0 saturated heterocycles. The van der Waals surface area contributed by atoms with Crippen molar-refractivity contribution in [2.24, 2.45) is 11.3 Å². The lowest BCUT2D eigenvalue weighted by Gasteiger charge is -2.22. The van der Waals surface area contributed by atoms with E-state index in [1.54, 1.807) is 6.92 Å². The Morgan fingerprint density at radius 2 is 1.79 bits per heavy atom. The van der Waals surface area contributed by atoms with Gasteiger partial charge in [0, 0.05) is 0 Å². The van der Waals surface area contributed by atoms with Crippen molar-refractivity contribution < 1.29 is 9.47 Å². The van der Waals surface area contributed by atoms with E-state index in [4.69, 9.17) is 0 Å². The molecule has 0 aromatic carbocycles. The topological polar surface area (TPSA) is 9.23 Å². The third-order valence-corrected chi connectivity index (χ3v) is 2.90. The molecule has 0 radical (unpaired) electrons. The van der Waals surface area contributed by atoms with E-state index >= 15 is 0 Å². The van der Waals surface area contributed by atoms with Crippen LogP contribution in [0.1, 0.15) is 60.8 Å². The zero-order chi connectivity index (χ0) is 11.6. The molecule has 0 aromatic rings. The third-order valence-electron chi connectivity index (χ3n) is 2.90. The van der Waals surface area contributed by atoms with Crippen LogP contribution >= 0.6 is 0 Å². The summed E-state index contributed by atoms with van der Waals surface area (Å²) in [7, 11) is 0. The molecule has 0 spiro atoms. The van der Waals surface area contributed by atoms with E-state index in [0.717, 1.165) is 5.92 Å². The molecule has 88 valence electrons. The summed E-state index contributed by atoms with van der Waals surface area (Å²) in [6, 6.07) is 0. The molecule has 14 heavy (non-hydrogen) atoms. The van der Waals surface area contributed by atoms with E-state index in [2.05, 4.69) is 25.7 Å². The second-order valence-electron chi connectivity index (χ2n) is 4.18. The highest BCUT2D eigenvalue weighted by Crippen LogP contribution is 2.41. The fourth-order valence-electron chi connectivity index (χ4n) is 1.50. The number of halogens is 1. The second-order valence-corrected chi connectivity index (χ2v) is 4.18. The summed E-state index contributed by atoms with van der Waals surface area (Å²) in [6.07, 6.45) is 4.34. The smallest absolute Gasteiger partial charge is 0.0848 e. The predicted octanol–water partition coefficient (Wildman–Crippen LogP) is 4.77. The summed E-state index contributed by atoms with van der Waals surface area (Å²) in [5.41, 5.74) is 0.653. The maximum atomic E-state index is 10.2. The maximum Gasteiger partial charge on any atom is 0.0848 e. The van der Waals surface area contributed by atoms with E-state index in [1.165, 1.54) is 19.3 Å². The molecule has 1 fully saturated rings. The highest BCUT2D eigenvalue weighted by molar-refractivity contribution is 4.81. The maximum absolute atomic E-state index is 10.2. The van der Waals surface area contributed by atoms with Crippen LogP contribution < -0.4 is 0 Å². The zero-order valence-electron chi connectivity index (χ0n) is 10.7. The Balaban J connectivity index is 0. The Bertz CT molecular complexity index is 111. The first-order valence-corrected chi connectivity index (χ1v) is 5.78. The summed E-state index contributed by atoms with van der Waals surface area (Å²) in [6.45, 7) is 12.9. The zero-order valence-corrected chi connectivity index (χ0v) is 10.7. The lowest BCUT2D eigenvalue weighted by molar-refractivity contribution is -0.125. The van der Waals surface area contributed by atoms with E-state index in [1.807, 2.05) is 13.8 Å². The van der Waals surface area contributed by atoms with Gasteiger partial charge in [-0.2, -0.15) is 4.94 Å². The van der Waals surface area contributed by atoms with Crippen LogP contribution in [0.2, 0.25) is 0 Å². The monoisotopic (exact) mass is 206 g/mol. The molecular weight excluding hydrogens is 179 g/mol. The van der Waals surface area contributed by atoms with Gasteiger partial charge in [0.05, 0.1) is 6.61 Å². The molecule has 0 bridgehead atoms. The standard InChI is InChI=1S/C8H16.C2H5FO.C2H6/c1-7-5-4-6-8(7,2)3;1-2-4-3;1-2/h7H,4-6H2,1-3H3;2H2,1H3;1-2H3/t7-;;/m0../s1. The highest BCUT2D eigenvalue weighted by Gasteiger charge is 2.30. The first-order chi connectivity index (χ1) is 6.54. The van der Waals surface area contributed by atoms with E-state index in [-0.39, 0.29) is 6.61 Å². The first-order valence-electron chi connectivity index (χ1n) is 5.78. The van der Waals surface area contributed by atoms with Gasteiger partial charge in [-0.15, -0.1) is 0 Å². The lowest BCUT2D eigenvalue weighted by atomic mass is 9.83. The fraction of sp³-hybridized carbons (Fsp3) is 1.00. The molecule has 0 aromatic heterocycles. The van der Waals surface area contributed by atoms with Gasteiger partial charge in [-0.05, 0) is 29.2 Å². The van der Waals surface area contributed by atoms with Gasteiger partial charge in [0.2, 0.25) is 0 Å². The van der Waals surface area contributed by atoms with Crippen LogP contribution in [0.25, 0.3) is 0 Å². The van der Waals surface area contributed by atoms with Crippen LogP contribution in [-0.2, 0) is 4.94 Å². The van der Waals surface area contributed by atoms with Crippen molar-refractivity contribution in [3.05, 3.63) is 0 Å². The number of hydrogen-bond donors (Lipinski definition) is 0. The lowest BCUT2D eigenvalue weighted by Crippen LogP contribution is -2.13. The Labute approximate surface area is 88.9 Å². The van der Waals surface area contributed by atoms with Gasteiger partial charge < -0.3 is 0 Å². The van der Waals surface area contributed by atoms with Crippen LogP contribution in [0.4, 0.5) is 4.53 Å². The molecule has 1 aliphatic rings. The van der Waals surface area contributed by atoms with Gasteiger partial charge in [0.15, 0.2) is 0 Å². The quantitative estimate of drug-likeness (QED) is 0.600. The molecule has 1 saturated carbocycles. The molecule has 1 rings (SSSR count). The van der Waals surface area contributed by atoms with Crippen LogP contribution in [0.15, 0.2) is 0 Å². The van der Waals surface area contributed by atoms with E-state index in [9.17, 15) is 4.53 Å². The van der Waals surface area contributed by atoms with Crippen molar-refractivity contribution in [1.29, 1.82) is 0 Å². The summed E-state index contributed by atoms with van der Waals surface area (Å²) < 4.78 is 10.2. The normalized spacial score (nSPS) is 22.9. The van der Waals surface area contributed by atoms with Crippen molar-refractivity contribution in [2.75, 3.05) is 6.61 Å². The SMILES string of the molecule is CC.CCOF.C[C@H]1CCCC1(C)C. The van der Waals surface area contributed by atoms with E-state index in [0.29, 0.717) is 5.41 Å². The van der Waals surface area contributed by atoms with Gasteiger partial charge in [0.1, 0.15) is 0 Å². The van der Waals surface area contributed by atoms with Crippen LogP contribution in [0.3, 0.4) is 0 Å². The molecule has 0 amide bonds. The summed E-state index contributed by atoms with van der Waals surface area (Å²) >= 11 is 0. The first kappa shape index (κ1) is 16.3. The summed E-state index contributed by atoms with van der Waals surface area (Å²) in [4.78, 5) is 3.04. The molecule has 0 N–H and O–H groups in total. The van der Waals surface area contributed by atoms with Gasteiger partial charge in [0.25, 0.3) is 0 Å². The largest absolute Gasteiger partial charge is 0.195 e. The predicted molar refractivity (Wildman–Crippen MR) is 60.9 cm³/mol. The summed E-state index contributed by atoms with van der Waals surface area (Å²) in [5, 5.41) is 0. The Morgan fingerprint density at radius 1 is 1.36 bits per heavy atom. The Morgan fingerprint density at radius 3 is 1.86 bits per heavy atom. The van der Waals surface area contributed by atoms with Crippen molar-refractivity contribution >= 4 is 0 Å². The van der Waals surface area contributed by atoms with Crippen molar-refractivity contribution in [3.8, 4) is 0 Å². The van der Waals surface area contributed by atoms with Crippen molar-refractivity contribution in [1.82, 2.24) is 0 Å². The van der Waals surface area contributed by atoms with Gasteiger partial charge in [-0.25, -0.2) is 0 Å². The van der Waals surface area contributed by atoms with Crippen molar-refractivity contribution in [3.63, 3.8) is 0 Å². The van der Waals surface area contributed by atoms with Crippen LogP contribution in [0, 0.1) is 11.3 Å². The number of rotatable bonds is 1. The minimum absolute atomic E-state index is 0.153. The van der Waals surface area contributed by atoms with Crippen LogP contribution in [0.5, 0.6) is 0 Å². The molecule has 1 aliphatic carbocycles. The molecular formula is C12H27FO. The molecule has 2 heteroatoms. The molecule has 0 heterocycles. The Kier molecular flexibility index (Phi) is 11.0. The summed E-state index contributed by atoms with van der Waals surface area (Å²) in [5.74, 6) is 0.961. The van der Waals surface area contributed by atoms with E-state index < -0.39 is 0 Å². The minimum Gasteiger partial charge on any atom is -0.195 e. The number of hydrogen-bond acceptors (Lipinski definition) is 1. The molecule has 0 unspecified atom stereocenters. The average molecular weight is 206 g/mol. The van der Waals surface area contributed by atoms with Gasteiger partial charge >= 0.3 is 0 Å². The molecule has 1 nitrogen and oxygen atoms in total. The second kappa shape index (κ2) is 9.45. The Hall–Kier alpha value is -0.110. The minimum atomic E-state index is 0.153. The van der Waals surface area contributed by atoms with Crippen LogP contribution in [-0.4, -0.2) is 6.61 Å². The fourth-order valence-corrected chi connectivity index (χ4v) is 1.50. The molecule has 1 atom stereocenters. The van der Waals surface area contributed by atoms with Crippen molar-refractivity contribution in [2.45, 2.75) is 60.8 Å². The highest BCUT2D eigenvalue weighted by atomic mass is 19.3. The molecule has 0 aliphatic heterocycles. The third kappa shape index (κ3) is 7.31.